The van der Waals surface area contributed by atoms with E-state index >= 15 is 0 Å². The molecule has 8 heteroatoms. The van der Waals surface area contributed by atoms with E-state index in [1.165, 1.54) is 36.6 Å². The van der Waals surface area contributed by atoms with Crippen LogP contribution in [0.15, 0.2) is 48.6 Å². The molecule has 7 rings (SSSR count). The maximum Gasteiger partial charge on any atom is 0.314 e. The van der Waals surface area contributed by atoms with Crippen LogP contribution in [0.5, 0.6) is 5.75 Å². The summed E-state index contributed by atoms with van der Waals surface area (Å²) in [5.41, 5.74) is 7.07. The number of benzene rings is 2. The normalized spacial score (nSPS) is 27.5. The van der Waals surface area contributed by atoms with Crippen LogP contribution in [-0.4, -0.2) is 98.7 Å². The van der Waals surface area contributed by atoms with Gasteiger partial charge >= 0.3 is 5.97 Å². The molecule has 2 N–H and O–H groups in total. The molecule has 0 radical (unpaired) electrons. The first-order valence-corrected chi connectivity index (χ1v) is 23.6. The molecular formula is C53H83N3O5. The van der Waals surface area contributed by atoms with Crippen LogP contribution in [0.4, 0.5) is 0 Å². The average Bonchev–Trinajstić information content (AvgIpc) is 3.87. The Balaban J connectivity index is 0.000000284. The molecular weight excluding hydrogens is 759 g/mol. The highest BCUT2D eigenvalue weighted by atomic mass is 16.5. The van der Waals surface area contributed by atoms with E-state index in [4.69, 9.17) is 20.6 Å². The van der Waals surface area contributed by atoms with Crippen LogP contribution in [0.2, 0.25) is 0 Å². The van der Waals surface area contributed by atoms with Gasteiger partial charge in [-0.05, 0) is 117 Å². The van der Waals surface area contributed by atoms with Gasteiger partial charge in [-0.3, -0.25) is 9.69 Å². The highest BCUT2D eigenvalue weighted by Gasteiger charge is 2.61. The molecule has 340 valence electrons. The topological polar surface area (TPSA) is 87.3 Å². The number of terminal acetylenes is 1. The lowest BCUT2D eigenvalue weighted by Crippen LogP contribution is -2.62. The van der Waals surface area contributed by atoms with Crippen molar-refractivity contribution in [2.45, 2.75) is 150 Å². The van der Waals surface area contributed by atoms with E-state index in [-0.39, 0.29) is 35.4 Å². The lowest BCUT2D eigenvalue weighted by Gasteiger charge is -2.56. The van der Waals surface area contributed by atoms with E-state index in [1.54, 1.807) is 14.2 Å². The lowest BCUT2D eigenvalue weighted by atomic mass is 9.52. The summed E-state index contributed by atoms with van der Waals surface area (Å²) < 4.78 is 16.3. The summed E-state index contributed by atoms with van der Waals surface area (Å²) in [5, 5.41) is 12.2. The number of nitrogens with one attached hydrogen (secondary N) is 1. The van der Waals surface area contributed by atoms with E-state index in [2.05, 4.69) is 99.6 Å². The SMILES string of the molecule is C#Cc1ccc2[nH]c3c(c2c1)CCN(C)CC(OC)CCCC3C(=O)OC.CC.CC.CCC.CCC(C)c1cc(OC)ccc1C12CCN3CC=CC(C(O)C(C)C1C)C32. The largest absolute Gasteiger partial charge is 0.497 e. The molecule has 3 aliphatic heterocycles. The van der Waals surface area contributed by atoms with Crippen LogP contribution < -0.4 is 4.74 Å². The summed E-state index contributed by atoms with van der Waals surface area (Å²) in [7, 11) is 7.09. The minimum atomic E-state index is -0.299. The fraction of sp³-hybridized carbons (Fsp3) is 0.642. The number of aromatic amines is 1. The standard InChI is InChI=1S/C24H35NO2.C22H28N2O3.C3H8.2C2H6/c1-6-15(2)20-14-18(27-5)9-10-21(20)24-11-13-25-12-7-8-19(23(24)25)22(26)16(3)17(24)4;1-5-15-9-10-20-19(13-15)17-11-12-24(2)14-16(26-3)7-6-8-18(21(17)23-20)22(25)27-4;1-3-2;2*1-2/h7-10,14-17,19,22-23,26H,6,11-13H2,1-5H3;1,9-10,13,16,18,23H,6-8,11-12,14H2,2-4H3;3H2,1-2H3;2*1-2H3. The number of fused-ring (bicyclic) bond motifs is 3. The summed E-state index contributed by atoms with van der Waals surface area (Å²) in [4.78, 5) is 21.0. The minimum Gasteiger partial charge on any atom is -0.497 e. The van der Waals surface area contributed by atoms with Crippen LogP contribution in [0, 0.1) is 30.1 Å². The number of hydrogen-bond donors (Lipinski definition) is 2. The van der Waals surface area contributed by atoms with Gasteiger partial charge < -0.3 is 29.2 Å². The summed E-state index contributed by atoms with van der Waals surface area (Å²) in [6.45, 7) is 25.4. The Hall–Kier alpha value is -3.61. The molecule has 0 amide bonds. The zero-order valence-corrected chi connectivity index (χ0v) is 40.6. The van der Waals surface area contributed by atoms with E-state index < -0.39 is 0 Å². The number of rotatable bonds is 6. The number of esters is 1. The van der Waals surface area contributed by atoms with Gasteiger partial charge in [-0.15, -0.1) is 6.42 Å². The monoisotopic (exact) mass is 842 g/mol. The van der Waals surface area contributed by atoms with Crippen molar-refractivity contribution in [3.63, 3.8) is 0 Å². The van der Waals surface area contributed by atoms with Gasteiger partial charge in [0.15, 0.2) is 0 Å². The summed E-state index contributed by atoms with van der Waals surface area (Å²) >= 11 is 0. The molecule has 1 saturated carbocycles. The number of aliphatic hydroxyl groups is 1. The second kappa shape index (κ2) is 24.9. The van der Waals surface area contributed by atoms with E-state index in [9.17, 15) is 9.90 Å². The third-order valence-corrected chi connectivity index (χ3v) is 13.8. The Labute approximate surface area is 371 Å². The van der Waals surface area contributed by atoms with Crippen LogP contribution in [0.3, 0.4) is 0 Å². The molecule has 2 aromatic carbocycles. The van der Waals surface area contributed by atoms with E-state index in [0.29, 0.717) is 23.8 Å². The molecule has 4 aliphatic rings. The predicted molar refractivity (Wildman–Crippen MR) is 256 cm³/mol. The summed E-state index contributed by atoms with van der Waals surface area (Å²) in [5.74, 6) is 4.65. The Kier molecular flexibility index (Phi) is 21.1. The molecule has 0 spiro atoms. The van der Waals surface area contributed by atoms with Crippen molar-refractivity contribution in [2.24, 2.45) is 17.8 Å². The van der Waals surface area contributed by atoms with E-state index in [1.807, 2.05) is 45.9 Å². The number of nitrogens with zero attached hydrogens (tertiary/aromatic N) is 2. The smallest absolute Gasteiger partial charge is 0.314 e. The number of ether oxygens (including phenoxy) is 3. The Morgan fingerprint density at radius 3 is 2.36 bits per heavy atom. The fourth-order valence-electron chi connectivity index (χ4n) is 10.4. The van der Waals surface area contributed by atoms with Crippen LogP contribution in [0.25, 0.3) is 10.9 Å². The van der Waals surface area contributed by atoms with Crippen LogP contribution >= 0.6 is 0 Å². The first-order chi connectivity index (χ1) is 29.4. The molecule has 1 aromatic heterocycles. The zero-order chi connectivity index (χ0) is 45.4. The molecule has 1 saturated heterocycles. The highest BCUT2D eigenvalue weighted by Crippen LogP contribution is 2.58. The highest BCUT2D eigenvalue weighted by molar-refractivity contribution is 5.89. The molecule has 3 aromatic rings. The predicted octanol–water partition coefficient (Wildman–Crippen LogP) is 10.9. The van der Waals surface area contributed by atoms with Gasteiger partial charge in [-0.2, -0.15) is 0 Å². The zero-order valence-electron chi connectivity index (χ0n) is 40.6. The number of aliphatic hydroxyl groups excluding tert-OH is 1. The average molecular weight is 842 g/mol. The van der Waals surface area contributed by atoms with Crippen LogP contribution in [-0.2, 0) is 26.1 Å². The number of carbonyl (C=O) groups excluding carboxylic acids is 1. The Bertz CT molecular complexity index is 1860. The number of aromatic nitrogens is 1. The van der Waals surface area contributed by atoms with Gasteiger partial charge in [0.2, 0.25) is 0 Å². The molecule has 61 heavy (non-hydrogen) atoms. The van der Waals surface area contributed by atoms with Crippen molar-refractivity contribution < 1.29 is 24.1 Å². The number of likely N-dealkylation sites (N-methyl/N-ethyl adjacent to an activating group) is 1. The molecule has 9 unspecified atom stereocenters. The van der Waals surface area contributed by atoms with Gasteiger partial charge in [-0.1, -0.05) is 99.8 Å². The van der Waals surface area contributed by atoms with Crippen molar-refractivity contribution in [1.29, 1.82) is 0 Å². The summed E-state index contributed by atoms with van der Waals surface area (Å²) in [6.07, 6.45) is 17.1. The second-order valence-electron chi connectivity index (χ2n) is 17.1. The molecule has 9 atom stereocenters. The van der Waals surface area contributed by atoms with Gasteiger partial charge in [0.25, 0.3) is 0 Å². The quantitative estimate of drug-likeness (QED) is 0.145. The van der Waals surface area contributed by atoms with Crippen molar-refractivity contribution in [2.75, 3.05) is 54.6 Å². The third kappa shape index (κ3) is 11.3. The van der Waals surface area contributed by atoms with Crippen molar-refractivity contribution in [3.8, 4) is 18.1 Å². The van der Waals surface area contributed by atoms with Gasteiger partial charge in [-0.25, -0.2) is 0 Å². The number of methoxy groups -OCH3 is 3. The number of carbonyl (C=O) groups is 1. The van der Waals surface area contributed by atoms with Gasteiger partial charge in [0.1, 0.15) is 5.75 Å². The van der Waals surface area contributed by atoms with Crippen molar-refractivity contribution in [3.05, 3.63) is 76.5 Å². The molecule has 4 heterocycles. The number of hydrogen-bond acceptors (Lipinski definition) is 7. The minimum absolute atomic E-state index is 0.110. The van der Waals surface area contributed by atoms with Crippen molar-refractivity contribution in [1.82, 2.24) is 14.8 Å². The van der Waals surface area contributed by atoms with E-state index in [0.717, 1.165) is 86.2 Å². The fourth-order valence-corrected chi connectivity index (χ4v) is 10.4. The van der Waals surface area contributed by atoms with Crippen molar-refractivity contribution >= 4 is 16.9 Å². The molecule has 0 bridgehead atoms. The summed E-state index contributed by atoms with van der Waals surface area (Å²) in [6, 6.07) is 13.1. The first-order valence-electron chi connectivity index (χ1n) is 23.6. The lowest BCUT2D eigenvalue weighted by molar-refractivity contribution is -0.142. The molecule has 1 aliphatic carbocycles. The Morgan fingerprint density at radius 1 is 1.03 bits per heavy atom. The molecule has 8 nitrogen and oxygen atoms in total. The second-order valence-corrected chi connectivity index (χ2v) is 17.1. The maximum atomic E-state index is 12.6. The van der Waals surface area contributed by atoms with Crippen LogP contribution in [0.1, 0.15) is 148 Å². The van der Waals surface area contributed by atoms with Gasteiger partial charge in [0, 0.05) is 66.3 Å². The molecule has 2 fully saturated rings. The van der Waals surface area contributed by atoms with Gasteiger partial charge in [0.05, 0.1) is 32.3 Å². The number of H-pyrrole nitrogens is 1. The Morgan fingerprint density at radius 2 is 1.74 bits per heavy atom. The third-order valence-electron chi connectivity index (χ3n) is 13.8. The first kappa shape index (κ1) is 51.7. The maximum absolute atomic E-state index is 12.6.